The van der Waals surface area contributed by atoms with Gasteiger partial charge in [0.2, 0.25) is 5.95 Å². The molecule has 0 unspecified atom stereocenters. The summed E-state index contributed by atoms with van der Waals surface area (Å²) in [7, 11) is 0. The van der Waals surface area contributed by atoms with Gasteiger partial charge < -0.3 is 11.1 Å². The lowest BCUT2D eigenvalue weighted by atomic mass is 10.3. The molecule has 0 aliphatic heterocycles. The van der Waals surface area contributed by atoms with Gasteiger partial charge in [-0.1, -0.05) is 6.07 Å². The molecule has 0 saturated heterocycles. The molecule has 1 heterocycles. The maximum absolute atomic E-state index is 13.3. The molecular weight excluding hydrogens is 214 g/mol. The Morgan fingerprint density at radius 3 is 2.75 bits per heavy atom. The molecule has 16 heavy (non-hydrogen) atoms. The molecular formula is C10H8F2N4. The van der Waals surface area contributed by atoms with Crippen LogP contribution in [0.2, 0.25) is 0 Å². The monoisotopic (exact) mass is 222 g/mol. The molecule has 6 heteroatoms. The fourth-order valence-electron chi connectivity index (χ4n) is 1.18. The lowest BCUT2D eigenvalue weighted by Crippen LogP contribution is -2.01. The van der Waals surface area contributed by atoms with Crippen molar-refractivity contribution < 1.29 is 8.78 Å². The van der Waals surface area contributed by atoms with Crippen LogP contribution in [-0.2, 0) is 0 Å². The van der Waals surface area contributed by atoms with Crippen LogP contribution in [0.3, 0.4) is 0 Å². The standard InChI is InChI=1S/C10H8F2N4/c11-6-2-1-3-7(9(6)12)15-8-4-5-14-10(13)16-8/h1-5H,(H3,13,14,15,16). The number of halogens is 2. The Balaban J connectivity index is 2.31. The van der Waals surface area contributed by atoms with E-state index in [1.54, 1.807) is 0 Å². The highest BCUT2D eigenvalue weighted by Crippen LogP contribution is 2.20. The van der Waals surface area contributed by atoms with Gasteiger partial charge in [-0.05, 0) is 18.2 Å². The highest BCUT2D eigenvalue weighted by molar-refractivity contribution is 5.57. The summed E-state index contributed by atoms with van der Waals surface area (Å²) in [4.78, 5) is 7.49. The van der Waals surface area contributed by atoms with Crippen molar-refractivity contribution in [2.45, 2.75) is 0 Å². The van der Waals surface area contributed by atoms with Crippen molar-refractivity contribution in [2.24, 2.45) is 0 Å². The zero-order valence-electron chi connectivity index (χ0n) is 8.11. The van der Waals surface area contributed by atoms with Gasteiger partial charge in [0.1, 0.15) is 5.82 Å². The van der Waals surface area contributed by atoms with Crippen LogP contribution in [0.1, 0.15) is 0 Å². The molecule has 2 rings (SSSR count). The summed E-state index contributed by atoms with van der Waals surface area (Å²) in [5.74, 6) is -1.52. The Bertz CT molecular complexity index is 516. The molecule has 0 aliphatic carbocycles. The first kappa shape index (κ1) is 10.3. The Labute approximate surface area is 90.1 Å². The molecule has 1 aromatic heterocycles. The number of nitrogen functional groups attached to an aromatic ring is 1. The second-order valence-corrected chi connectivity index (χ2v) is 3.03. The van der Waals surface area contributed by atoms with Crippen molar-refractivity contribution in [3.63, 3.8) is 0 Å². The summed E-state index contributed by atoms with van der Waals surface area (Å²) in [5.41, 5.74) is 5.35. The van der Waals surface area contributed by atoms with E-state index in [0.717, 1.165) is 6.07 Å². The summed E-state index contributed by atoms with van der Waals surface area (Å²) in [6.07, 6.45) is 1.42. The zero-order valence-corrected chi connectivity index (χ0v) is 8.11. The largest absolute Gasteiger partial charge is 0.368 e. The normalized spacial score (nSPS) is 10.1. The van der Waals surface area contributed by atoms with Crippen LogP contribution in [-0.4, -0.2) is 9.97 Å². The Kier molecular flexibility index (Phi) is 2.63. The topological polar surface area (TPSA) is 63.8 Å². The first-order valence-electron chi connectivity index (χ1n) is 4.46. The van der Waals surface area contributed by atoms with Crippen LogP contribution in [0.4, 0.5) is 26.2 Å². The molecule has 0 fully saturated rings. The predicted molar refractivity (Wildman–Crippen MR) is 56.1 cm³/mol. The Morgan fingerprint density at radius 1 is 1.19 bits per heavy atom. The van der Waals surface area contributed by atoms with Gasteiger partial charge in [-0.15, -0.1) is 0 Å². The minimum Gasteiger partial charge on any atom is -0.368 e. The molecule has 0 saturated carbocycles. The third-order valence-electron chi connectivity index (χ3n) is 1.89. The van der Waals surface area contributed by atoms with Crippen LogP contribution in [0, 0.1) is 11.6 Å². The molecule has 82 valence electrons. The molecule has 0 bridgehead atoms. The van der Waals surface area contributed by atoms with E-state index in [-0.39, 0.29) is 11.6 Å². The van der Waals surface area contributed by atoms with Gasteiger partial charge in [-0.3, -0.25) is 0 Å². The smallest absolute Gasteiger partial charge is 0.221 e. The molecule has 4 nitrogen and oxygen atoms in total. The van der Waals surface area contributed by atoms with Gasteiger partial charge in [-0.2, -0.15) is 4.98 Å². The zero-order chi connectivity index (χ0) is 11.5. The average molecular weight is 222 g/mol. The van der Waals surface area contributed by atoms with E-state index in [2.05, 4.69) is 15.3 Å². The van der Waals surface area contributed by atoms with E-state index in [1.165, 1.54) is 24.4 Å². The minimum absolute atomic E-state index is 0.00176. The van der Waals surface area contributed by atoms with Gasteiger partial charge in [-0.25, -0.2) is 13.8 Å². The number of nitrogens with two attached hydrogens (primary N) is 1. The predicted octanol–water partition coefficient (Wildman–Crippen LogP) is 2.08. The summed E-state index contributed by atoms with van der Waals surface area (Å²) in [6, 6.07) is 5.33. The number of aromatic nitrogens is 2. The van der Waals surface area contributed by atoms with Crippen LogP contribution in [0.15, 0.2) is 30.5 Å². The molecule has 3 N–H and O–H groups in total. The maximum atomic E-state index is 13.3. The van der Waals surface area contributed by atoms with Crippen molar-refractivity contribution in [3.8, 4) is 0 Å². The average Bonchev–Trinajstić information content (AvgIpc) is 2.25. The number of nitrogens with one attached hydrogen (secondary N) is 1. The maximum Gasteiger partial charge on any atom is 0.221 e. The quantitative estimate of drug-likeness (QED) is 0.816. The number of nitrogens with zero attached hydrogens (tertiary/aromatic N) is 2. The van der Waals surface area contributed by atoms with Gasteiger partial charge >= 0.3 is 0 Å². The molecule has 2 aromatic rings. The van der Waals surface area contributed by atoms with Crippen molar-refractivity contribution in [1.29, 1.82) is 0 Å². The lowest BCUT2D eigenvalue weighted by Gasteiger charge is -2.06. The van der Waals surface area contributed by atoms with Gasteiger partial charge in [0.15, 0.2) is 11.6 Å². The van der Waals surface area contributed by atoms with E-state index >= 15 is 0 Å². The Morgan fingerprint density at radius 2 is 2.00 bits per heavy atom. The van der Waals surface area contributed by atoms with Crippen molar-refractivity contribution >= 4 is 17.5 Å². The van der Waals surface area contributed by atoms with Crippen molar-refractivity contribution in [3.05, 3.63) is 42.1 Å². The first-order valence-corrected chi connectivity index (χ1v) is 4.46. The number of anilines is 3. The molecule has 0 spiro atoms. The van der Waals surface area contributed by atoms with E-state index in [1.807, 2.05) is 0 Å². The number of rotatable bonds is 2. The van der Waals surface area contributed by atoms with E-state index in [9.17, 15) is 8.78 Å². The summed E-state index contributed by atoms with van der Waals surface area (Å²) in [5, 5.41) is 2.61. The molecule has 0 aliphatic rings. The number of hydrogen-bond acceptors (Lipinski definition) is 4. The number of hydrogen-bond donors (Lipinski definition) is 2. The van der Waals surface area contributed by atoms with Crippen molar-refractivity contribution in [1.82, 2.24) is 9.97 Å². The Hall–Kier alpha value is -2.24. The highest BCUT2D eigenvalue weighted by Gasteiger charge is 2.07. The first-order chi connectivity index (χ1) is 7.66. The fourth-order valence-corrected chi connectivity index (χ4v) is 1.18. The number of benzene rings is 1. The third-order valence-corrected chi connectivity index (χ3v) is 1.89. The second-order valence-electron chi connectivity index (χ2n) is 3.03. The van der Waals surface area contributed by atoms with E-state index in [0.29, 0.717) is 5.82 Å². The third kappa shape index (κ3) is 2.05. The van der Waals surface area contributed by atoms with E-state index in [4.69, 9.17) is 5.73 Å². The van der Waals surface area contributed by atoms with Gasteiger partial charge in [0.05, 0.1) is 5.69 Å². The summed E-state index contributed by atoms with van der Waals surface area (Å²) >= 11 is 0. The van der Waals surface area contributed by atoms with Crippen LogP contribution >= 0.6 is 0 Å². The molecule has 0 radical (unpaired) electrons. The lowest BCUT2D eigenvalue weighted by molar-refractivity contribution is 0.511. The van der Waals surface area contributed by atoms with Crippen LogP contribution < -0.4 is 11.1 Å². The molecule has 0 amide bonds. The molecule has 0 atom stereocenters. The summed E-state index contributed by atoms with van der Waals surface area (Å²) in [6.45, 7) is 0. The van der Waals surface area contributed by atoms with Gasteiger partial charge in [0, 0.05) is 6.20 Å². The van der Waals surface area contributed by atoms with Crippen LogP contribution in [0.5, 0.6) is 0 Å². The molecule has 1 aromatic carbocycles. The van der Waals surface area contributed by atoms with Crippen molar-refractivity contribution in [2.75, 3.05) is 11.1 Å². The minimum atomic E-state index is -0.959. The highest BCUT2D eigenvalue weighted by atomic mass is 19.2. The summed E-state index contributed by atoms with van der Waals surface area (Å²) < 4.78 is 26.2. The van der Waals surface area contributed by atoms with Gasteiger partial charge in [0.25, 0.3) is 0 Å². The van der Waals surface area contributed by atoms with E-state index < -0.39 is 11.6 Å². The SMILES string of the molecule is Nc1nccc(Nc2cccc(F)c2F)n1. The fraction of sp³-hybridized carbons (Fsp3) is 0. The van der Waals surface area contributed by atoms with Crippen LogP contribution in [0.25, 0.3) is 0 Å². The second kappa shape index (κ2) is 4.09.